The lowest BCUT2D eigenvalue weighted by atomic mass is 9.92. The van der Waals surface area contributed by atoms with E-state index in [1.54, 1.807) is 0 Å². The minimum atomic E-state index is -0.685. The van der Waals surface area contributed by atoms with Crippen molar-refractivity contribution in [1.82, 2.24) is 65.5 Å². The molecule has 26 heteroatoms. The highest BCUT2D eigenvalue weighted by molar-refractivity contribution is 7.99. The van der Waals surface area contributed by atoms with Crippen molar-refractivity contribution in [3.8, 4) is 67.3 Å². The summed E-state index contributed by atoms with van der Waals surface area (Å²) in [6.07, 6.45) is 12.7. The monoisotopic (exact) mass is 1630 g/mol. The Morgan fingerprint density at radius 2 is 0.720 bits per heavy atom. The number of carbonyl (C=O) groups is 7. The van der Waals surface area contributed by atoms with Crippen LogP contribution < -0.4 is 21.7 Å². The number of fused-ring (bicyclic) bond motifs is 2. The second kappa shape index (κ2) is 37.0. The molecule has 8 atom stereocenters. The Hall–Kier alpha value is -10.8. The predicted molar refractivity (Wildman–Crippen MR) is 464 cm³/mol. The topological polar surface area (TPSA) is 311 Å². The van der Waals surface area contributed by atoms with Crippen LogP contribution in [0, 0.1) is 23.7 Å². The summed E-state index contributed by atoms with van der Waals surface area (Å²) in [5.41, 5.74) is 21.1. The van der Waals surface area contributed by atoms with Crippen molar-refractivity contribution in [3.05, 3.63) is 181 Å². The lowest BCUT2D eigenvalue weighted by Gasteiger charge is -2.34. The lowest BCUT2D eigenvalue weighted by Crippen LogP contribution is -2.52. The van der Waals surface area contributed by atoms with Crippen LogP contribution in [0.25, 0.3) is 88.8 Å². The number of hydrogen-bond acceptors (Lipinski definition) is 15. The van der Waals surface area contributed by atoms with E-state index in [0.29, 0.717) is 19.6 Å². The molecule has 4 aromatic heterocycles. The largest absolute Gasteiger partial charge is 0.453 e. The Morgan fingerprint density at radius 1 is 0.381 bits per heavy atom. The van der Waals surface area contributed by atoms with Crippen LogP contribution in [0.15, 0.2) is 158 Å². The molecule has 6 aliphatic rings. The number of nitrogens with zero attached hydrogens (tertiary/aromatic N) is 6. The molecule has 7 amide bonds. The molecule has 118 heavy (non-hydrogen) atoms. The summed E-state index contributed by atoms with van der Waals surface area (Å²) in [6.45, 7) is 10.3. The Bertz CT molecular complexity index is 5240. The molecule has 9 N–H and O–H groups in total. The molecule has 0 radical (unpaired) electrons. The molecule has 6 saturated heterocycles. The molecule has 6 aliphatic heterocycles. The van der Waals surface area contributed by atoms with E-state index in [4.69, 9.17) is 29.9 Å². The van der Waals surface area contributed by atoms with Crippen molar-refractivity contribution in [3.63, 3.8) is 0 Å². The molecule has 0 spiro atoms. The Labute approximate surface area is 697 Å². The van der Waals surface area contributed by atoms with Crippen molar-refractivity contribution < 1.29 is 47.8 Å². The number of carbonyl (C=O) groups excluding carboxylic acids is 7. The zero-order valence-electron chi connectivity index (χ0n) is 68.2. The van der Waals surface area contributed by atoms with Gasteiger partial charge in [-0.2, -0.15) is 23.5 Å². The van der Waals surface area contributed by atoms with Crippen LogP contribution in [-0.4, -0.2) is 186 Å². The highest BCUT2D eigenvalue weighted by Crippen LogP contribution is 2.42. The first-order chi connectivity index (χ1) is 57.3. The van der Waals surface area contributed by atoms with Gasteiger partial charge in [0.25, 0.3) is 0 Å². The fourth-order valence-electron chi connectivity index (χ4n) is 18.1. The number of thioether (sulfide) groups is 2. The molecular weight excluding hydrogens is 1530 g/mol. The third-order valence-electron chi connectivity index (χ3n) is 24.8. The van der Waals surface area contributed by atoms with Gasteiger partial charge in [-0.05, 0) is 227 Å². The van der Waals surface area contributed by atoms with Crippen molar-refractivity contribution in [1.29, 1.82) is 0 Å². The van der Waals surface area contributed by atoms with Gasteiger partial charge in [0.05, 0.1) is 75.3 Å². The van der Waals surface area contributed by atoms with Crippen LogP contribution in [0.3, 0.4) is 0 Å². The number of hydrogen-bond donors (Lipinski definition) is 8. The van der Waals surface area contributed by atoms with Gasteiger partial charge in [0.2, 0.25) is 23.6 Å². The number of nitrogens with one attached hydrogen (secondary N) is 7. The summed E-state index contributed by atoms with van der Waals surface area (Å²) in [6, 6.07) is 48.6. The number of aromatic nitrogens is 6. The number of ether oxygens (including phenoxy) is 3. The SMILES string of the molecule is COC(=O)N[C@H](C(=O)N1CCC[C@H]1c1ncc(-c2ccc3cc(-c4ccc(-c5ccc([C@@H]6CCCN6C(=O)[C@@H](N)C6CCSCC6)[nH]5)cc4)ccc3c2)[nH]1)C(C)C.COC(=O)N[C@H](C(=O)N1CCC[C@H]1c1ncc(-c2ccc3cc(-c4ccc(-c5ccc([C@@H]6CCCN6C(=O)[C@@H](NC(=O)OC)C6CCSCC6)[nH]5)cc4)ccc3c2)[nH]1)C(C)C. The van der Waals surface area contributed by atoms with Crippen molar-refractivity contribution >= 4 is 87.0 Å². The number of alkyl carbamates (subject to hydrolysis) is 3. The van der Waals surface area contributed by atoms with Crippen molar-refractivity contribution in [2.75, 3.05) is 70.5 Å². The standard InChI is InChI=1S/C47H55N7O6S.C45H53N7O4S/c1-28(2)41(51-46(57)59-3)44(55)54-22-6-8-40(54)43-48-27-38(50-43)35-16-15-33-25-32(13-14-34(33)26-35)29-9-11-30(12-10-29)36-17-18-37(49-36)39-7-5-21-53(39)45(56)42(52-47(58)60-4)31-19-23-61-24-20-31;1-27(2)41(50-45(55)56-3)44(54)52-21-5-7-39(52)42-47-26-37(49-42)34-15-14-32-24-31(12-13-33(32)25-34)28-8-10-29(11-9-28)35-16-17-36(48-35)38-6-4-20-51(38)43(53)40(46)30-18-22-57-23-19-30/h9-18,25-28,31,39-42,49H,5-8,19-24H2,1-4H3,(H,48,50)(H,51,57)(H,52,58);8-17,24-27,30,38-41,48H,4-7,18-23,46H2,1-3H3,(H,47,49)(H,50,55)/t39-,40-,41-,42-;38-,39-,40-,41-/m00/s1. The van der Waals surface area contributed by atoms with Gasteiger partial charge in [0.15, 0.2) is 0 Å². The fraction of sp³-hybridized carbons (Fsp3) is 0.424. The minimum Gasteiger partial charge on any atom is -0.453 e. The van der Waals surface area contributed by atoms with Gasteiger partial charge in [-0.15, -0.1) is 0 Å². The predicted octanol–water partition coefficient (Wildman–Crippen LogP) is 16.5. The average molecular weight is 1630 g/mol. The highest BCUT2D eigenvalue weighted by Gasteiger charge is 2.43. The molecule has 618 valence electrons. The maximum absolute atomic E-state index is 14.0. The Kier molecular flexibility index (Phi) is 25.8. The molecule has 24 nitrogen and oxygen atoms in total. The van der Waals surface area contributed by atoms with E-state index in [1.807, 2.05) is 83.2 Å². The number of amides is 7. The molecule has 0 aliphatic carbocycles. The number of aromatic amines is 4. The molecule has 16 rings (SSSR count). The first-order valence-electron chi connectivity index (χ1n) is 41.7. The third kappa shape index (κ3) is 18.1. The maximum atomic E-state index is 14.0. The van der Waals surface area contributed by atoms with Gasteiger partial charge in [0, 0.05) is 60.1 Å². The van der Waals surface area contributed by atoms with Crippen LogP contribution >= 0.6 is 23.5 Å². The number of H-pyrrole nitrogens is 4. The quantitative estimate of drug-likeness (QED) is 0.0310. The summed E-state index contributed by atoms with van der Waals surface area (Å²) in [5, 5.41) is 12.8. The van der Waals surface area contributed by atoms with E-state index >= 15 is 0 Å². The number of nitrogens with two attached hydrogens (primary N) is 1. The Balaban J connectivity index is 0.000000185. The normalized spacial score (nSPS) is 19.6. The van der Waals surface area contributed by atoms with Gasteiger partial charge in [-0.1, -0.05) is 125 Å². The van der Waals surface area contributed by atoms with Crippen LogP contribution in [-0.2, 0) is 33.4 Å². The molecule has 10 aromatic rings. The van der Waals surface area contributed by atoms with E-state index in [2.05, 4.69) is 181 Å². The smallest absolute Gasteiger partial charge is 0.407 e. The second-order valence-electron chi connectivity index (χ2n) is 32.7. The summed E-state index contributed by atoms with van der Waals surface area (Å²) in [5.74, 6) is 5.65. The number of methoxy groups -OCH3 is 3. The number of rotatable bonds is 21. The molecule has 10 heterocycles. The maximum Gasteiger partial charge on any atom is 0.407 e. The van der Waals surface area contributed by atoms with E-state index in [0.717, 1.165) is 218 Å². The zero-order chi connectivity index (χ0) is 82.3. The van der Waals surface area contributed by atoms with Crippen LogP contribution in [0.5, 0.6) is 0 Å². The van der Waals surface area contributed by atoms with Crippen LogP contribution in [0.1, 0.15) is 152 Å². The Morgan fingerprint density at radius 3 is 1.12 bits per heavy atom. The van der Waals surface area contributed by atoms with E-state index in [9.17, 15) is 33.6 Å². The minimum absolute atomic E-state index is 0.0267. The van der Waals surface area contributed by atoms with Crippen LogP contribution in [0.2, 0.25) is 0 Å². The van der Waals surface area contributed by atoms with E-state index in [1.165, 1.54) is 21.3 Å². The summed E-state index contributed by atoms with van der Waals surface area (Å²) in [7, 11) is 3.94. The van der Waals surface area contributed by atoms with Gasteiger partial charge in [-0.3, -0.25) is 19.2 Å². The molecule has 0 unspecified atom stereocenters. The number of likely N-dealkylation sites (tertiary alicyclic amines) is 4. The van der Waals surface area contributed by atoms with E-state index in [-0.39, 0.29) is 71.5 Å². The fourth-order valence-corrected chi connectivity index (χ4v) is 20.4. The highest BCUT2D eigenvalue weighted by atomic mass is 32.2. The van der Waals surface area contributed by atoms with Gasteiger partial charge >= 0.3 is 18.3 Å². The summed E-state index contributed by atoms with van der Waals surface area (Å²) >= 11 is 3.85. The van der Waals surface area contributed by atoms with Gasteiger partial charge in [0.1, 0.15) is 29.8 Å². The summed E-state index contributed by atoms with van der Waals surface area (Å²) in [4.78, 5) is 122. The van der Waals surface area contributed by atoms with Crippen LogP contribution in [0.4, 0.5) is 14.4 Å². The number of benzene rings is 6. The molecule has 0 saturated carbocycles. The molecular formula is C92H108N14O10S2. The second-order valence-corrected chi connectivity index (χ2v) is 35.2. The summed E-state index contributed by atoms with van der Waals surface area (Å²) < 4.78 is 14.5. The molecule has 0 bridgehead atoms. The average Bonchev–Trinajstić information content (AvgIpc) is 1.55. The molecule has 6 fully saturated rings. The van der Waals surface area contributed by atoms with Crippen molar-refractivity contribution in [2.24, 2.45) is 29.4 Å². The molecule has 6 aromatic carbocycles. The third-order valence-corrected chi connectivity index (χ3v) is 26.9. The zero-order valence-corrected chi connectivity index (χ0v) is 69.9. The van der Waals surface area contributed by atoms with E-state index < -0.39 is 42.4 Å². The van der Waals surface area contributed by atoms with Gasteiger partial charge in [-0.25, -0.2) is 24.4 Å². The first-order valence-corrected chi connectivity index (χ1v) is 44.0. The first kappa shape index (κ1) is 82.3. The lowest BCUT2D eigenvalue weighted by molar-refractivity contribution is -0.136. The number of imidazole rings is 2. The van der Waals surface area contributed by atoms with Crippen molar-refractivity contribution in [2.45, 2.75) is 153 Å². The van der Waals surface area contributed by atoms with Gasteiger partial charge < -0.3 is 75.4 Å².